The van der Waals surface area contributed by atoms with E-state index in [1.807, 2.05) is 18.2 Å². The molecule has 2 saturated heterocycles. The summed E-state index contributed by atoms with van der Waals surface area (Å²) in [6.45, 7) is 4.31. The Morgan fingerprint density at radius 1 is 1.28 bits per heavy atom. The molecule has 1 N–H and O–H groups in total. The third-order valence-electron chi connectivity index (χ3n) is 5.36. The molecule has 0 bridgehead atoms. The Morgan fingerprint density at radius 3 is 2.86 bits per heavy atom. The molecule has 3 aliphatic rings. The molecular formula is C19H24N4O6. The monoisotopic (exact) mass is 404 g/mol. The van der Waals surface area contributed by atoms with Crippen molar-refractivity contribution in [3.8, 4) is 5.75 Å². The fraction of sp³-hybridized carbons (Fsp3) is 0.526. The zero-order chi connectivity index (χ0) is 20.5. The Balaban J connectivity index is 1.46. The average molecular weight is 404 g/mol. The molecule has 1 aromatic carbocycles. The number of carbonyl (C=O) groups excluding carboxylic acids is 3. The summed E-state index contributed by atoms with van der Waals surface area (Å²) in [5.74, 6) is 0.534. The van der Waals surface area contributed by atoms with Crippen LogP contribution in [0.3, 0.4) is 0 Å². The van der Waals surface area contributed by atoms with Gasteiger partial charge in [0.25, 0.3) is 0 Å². The van der Waals surface area contributed by atoms with Crippen LogP contribution in [0.25, 0.3) is 0 Å². The largest absolute Gasteiger partial charge is 0.489 e. The summed E-state index contributed by atoms with van der Waals surface area (Å²) in [5, 5.41) is 2.67. The molecule has 1 aromatic rings. The number of carbonyl (C=O) groups is 3. The molecule has 156 valence electrons. The van der Waals surface area contributed by atoms with E-state index >= 15 is 0 Å². The quantitative estimate of drug-likeness (QED) is 0.795. The van der Waals surface area contributed by atoms with Gasteiger partial charge in [-0.15, -0.1) is 0 Å². The molecule has 4 rings (SSSR count). The number of benzene rings is 1. The number of hydrogen-bond acceptors (Lipinski definition) is 7. The van der Waals surface area contributed by atoms with Gasteiger partial charge in [-0.2, -0.15) is 0 Å². The number of ether oxygens (including phenoxy) is 3. The molecule has 2 fully saturated rings. The van der Waals surface area contributed by atoms with Gasteiger partial charge in [0.2, 0.25) is 5.91 Å². The highest BCUT2D eigenvalue weighted by Gasteiger charge is 2.37. The van der Waals surface area contributed by atoms with E-state index in [4.69, 9.17) is 14.2 Å². The number of nitrogens with zero attached hydrogens (tertiary/aromatic N) is 3. The molecule has 0 radical (unpaired) electrons. The van der Waals surface area contributed by atoms with Gasteiger partial charge in [0, 0.05) is 32.6 Å². The number of fused-ring (bicyclic) bond motifs is 3. The average Bonchev–Trinajstić information content (AvgIpc) is 3.11. The number of hydrogen-bond donors (Lipinski definition) is 1. The van der Waals surface area contributed by atoms with E-state index in [1.165, 1.54) is 18.9 Å². The van der Waals surface area contributed by atoms with E-state index < -0.39 is 6.09 Å². The molecule has 10 heteroatoms. The van der Waals surface area contributed by atoms with Crippen LogP contribution in [-0.4, -0.2) is 81.6 Å². The molecule has 10 nitrogen and oxygen atoms in total. The molecule has 0 aliphatic carbocycles. The van der Waals surface area contributed by atoms with Crippen molar-refractivity contribution >= 4 is 29.5 Å². The number of piperazine rings is 1. The van der Waals surface area contributed by atoms with Crippen molar-refractivity contribution in [3.05, 3.63) is 18.2 Å². The van der Waals surface area contributed by atoms with Gasteiger partial charge in [-0.25, -0.2) is 9.59 Å². The second-order valence-electron chi connectivity index (χ2n) is 7.28. The number of amides is 3. The first-order chi connectivity index (χ1) is 14.0. The predicted molar refractivity (Wildman–Crippen MR) is 103 cm³/mol. The zero-order valence-electron chi connectivity index (χ0n) is 16.4. The van der Waals surface area contributed by atoms with E-state index in [1.54, 1.807) is 4.90 Å². The lowest BCUT2D eigenvalue weighted by molar-refractivity contribution is -0.119. The Bertz CT molecular complexity index is 831. The minimum atomic E-state index is -0.444. The number of cyclic esters (lactones) is 1. The van der Waals surface area contributed by atoms with E-state index in [2.05, 4.69) is 10.2 Å². The van der Waals surface area contributed by atoms with Crippen LogP contribution in [0.5, 0.6) is 5.75 Å². The van der Waals surface area contributed by atoms with Gasteiger partial charge >= 0.3 is 12.2 Å². The first-order valence-electron chi connectivity index (χ1n) is 9.55. The Labute approximate surface area is 168 Å². The lowest BCUT2D eigenvalue weighted by Crippen LogP contribution is -2.58. The second-order valence-corrected chi connectivity index (χ2v) is 7.28. The highest BCUT2D eigenvalue weighted by Crippen LogP contribution is 2.39. The standard InChI is InChI=1S/C19H24N4O6/c1-12(24)20-8-15-10-23(19(26)29-15)13-3-4-16-17(7-13)28-11-14-9-21(18(25)27-2)5-6-22(14)16/h3-4,7,14-15H,5-6,8-11H2,1-2H3,(H,20,24)/t14-,15-/m0/s1. The highest BCUT2D eigenvalue weighted by molar-refractivity contribution is 5.90. The summed E-state index contributed by atoms with van der Waals surface area (Å²) in [7, 11) is 1.38. The predicted octanol–water partition coefficient (Wildman–Crippen LogP) is 0.797. The minimum absolute atomic E-state index is 0.0555. The molecule has 29 heavy (non-hydrogen) atoms. The van der Waals surface area contributed by atoms with Crippen molar-refractivity contribution in [1.29, 1.82) is 0 Å². The normalized spacial score (nSPS) is 23.0. The Morgan fingerprint density at radius 2 is 2.10 bits per heavy atom. The number of nitrogens with one attached hydrogen (secondary N) is 1. The lowest BCUT2D eigenvalue weighted by Gasteiger charge is -2.45. The second kappa shape index (κ2) is 7.69. The molecule has 0 aromatic heterocycles. The summed E-state index contributed by atoms with van der Waals surface area (Å²) < 4.78 is 16.1. The third-order valence-corrected chi connectivity index (χ3v) is 5.36. The van der Waals surface area contributed by atoms with Crippen LogP contribution in [0.2, 0.25) is 0 Å². The van der Waals surface area contributed by atoms with Gasteiger partial charge in [0.05, 0.1) is 37.6 Å². The molecule has 3 amide bonds. The number of methoxy groups -OCH3 is 1. The molecule has 0 spiro atoms. The SMILES string of the molecule is COC(=O)N1CCN2c3ccc(N4C[C@H](CNC(C)=O)OC4=O)cc3OC[C@@H]2C1. The van der Waals surface area contributed by atoms with Crippen molar-refractivity contribution in [3.63, 3.8) is 0 Å². The topological polar surface area (TPSA) is 101 Å². The lowest BCUT2D eigenvalue weighted by atomic mass is 10.1. The summed E-state index contributed by atoms with van der Waals surface area (Å²) in [6.07, 6.45) is -1.16. The molecule has 2 atom stereocenters. The van der Waals surface area contributed by atoms with Crippen LogP contribution < -0.4 is 19.9 Å². The van der Waals surface area contributed by atoms with E-state index in [0.717, 1.165) is 5.69 Å². The van der Waals surface area contributed by atoms with Gasteiger partial charge in [0.1, 0.15) is 18.5 Å². The van der Waals surface area contributed by atoms with Crippen molar-refractivity contribution in [2.45, 2.75) is 19.1 Å². The van der Waals surface area contributed by atoms with Crippen molar-refractivity contribution in [2.75, 3.05) is 56.2 Å². The van der Waals surface area contributed by atoms with Crippen LogP contribution in [0.1, 0.15) is 6.92 Å². The molecule has 0 saturated carbocycles. The maximum Gasteiger partial charge on any atom is 0.414 e. The summed E-state index contributed by atoms with van der Waals surface area (Å²) in [5.41, 5.74) is 1.63. The van der Waals surface area contributed by atoms with Gasteiger partial charge in [-0.3, -0.25) is 9.69 Å². The summed E-state index contributed by atoms with van der Waals surface area (Å²) >= 11 is 0. The Kier molecular flexibility index (Phi) is 5.08. The molecule has 3 heterocycles. The van der Waals surface area contributed by atoms with Crippen molar-refractivity contribution in [2.24, 2.45) is 0 Å². The van der Waals surface area contributed by atoms with Crippen molar-refractivity contribution in [1.82, 2.24) is 10.2 Å². The van der Waals surface area contributed by atoms with Crippen LogP contribution in [0.4, 0.5) is 21.0 Å². The minimum Gasteiger partial charge on any atom is -0.489 e. The van der Waals surface area contributed by atoms with Crippen LogP contribution in [0.15, 0.2) is 18.2 Å². The van der Waals surface area contributed by atoms with Gasteiger partial charge in [0.15, 0.2) is 0 Å². The Hall–Kier alpha value is -3.17. The molecule has 3 aliphatic heterocycles. The molecular weight excluding hydrogens is 380 g/mol. The first-order valence-corrected chi connectivity index (χ1v) is 9.55. The number of anilines is 2. The smallest absolute Gasteiger partial charge is 0.414 e. The van der Waals surface area contributed by atoms with E-state index in [9.17, 15) is 14.4 Å². The fourth-order valence-electron chi connectivity index (χ4n) is 3.92. The van der Waals surface area contributed by atoms with Gasteiger partial charge in [-0.1, -0.05) is 0 Å². The van der Waals surface area contributed by atoms with E-state index in [-0.39, 0.29) is 30.7 Å². The number of rotatable bonds is 3. The summed E-state index contributed by atoms with van der Waals surface area (Å²) in [4.78, 5) is 40.6. The van der Waals surface area contributed by atoms with Crippen LogP contribution in [-0.2, 0) is 14.3 Å². The summed E-state index contributed by atoms with van der Waals surface area (Å²) in [6, 6.07) is 5.68. The fourth-order valence-corrected chi connectivity index (χ4v) is 3.92. The molecule has 0 unspecified atom stereocenters. The maximum absolute atomic E-state index is 12.2. The van der Waals surface area contributed by atoms with Gasteiger partial charge < -0.3 is 29.3 Å². The zero-order valence-corrected chi connectivity index (χ0v) is 16.4. The van der Waals surface area contributed by atoms with Crippen LogP contribution in [0, 0.1) is 0 Å². The van der Waals surface area contributed by atoms with Gasteiger partial charge in [-0.05, 0) is 12.1 Å². The third kappa shape index (κ3) is 3.74. The first kappa shape index (κ1) is 19.2. The van der Waals surface area contributed by atoms with E-state index in [0.29, 0.717) is 44.2 Å². The van der Waals surface area contributed by atoms with Crippen LogP contribution >= 0.6 is 0 Å². The maximum atomic E-state index is 12.2. The highest BCUT2D eigenvalue weighted by atomic mass is 16.6. The van der Waals surface area contributed by atoms with Crippen molar-refractivity contribution < 1.29 is 28.6 Å².